The Morgan fingerprint density at radius 2 is 1.58 bits per heavy atom. The number of hydrogen-bond acceptors (Lipinski definition) is 3. The second kappa shape index (κ2) is 7.73. The van der Waals surface area contributed by atoms with Gasteiger partial charge in [-0.05, 0) is 13.8 Å². The first-order chi connectivity index (χ1) is 5.06. The van der Waals surface area contributed by atoms with Crippen LogP contribution >= 0.6 is 30.8 Å². The van der Waals surface area contributed by atoms with E-state index in [0.29, 0.717) is 0 Å². The zero-order chi connectivity index (χ0) is 8.91. The molecule has 3 nitrogen and oxygen atoms in total. The summed E-state index contributed by atoms with van der Waals surface area (Å²) in [5, 5.41) is 0. The number of hydrogen-bond donors (Lipinski definition) is 0. The van der Waals surface area contributed by atoms with Gasteiger partial charge in [-0.15, -0.1) is 0 Å². The van der Waals surface area contributed by atoms with E-state index in [2.05, 4.69) is 0 Å². The molecule has 0 aromatic heterocycles. The molecule has 0 heterocycles. The number of halogens is 2. The summed E-state index contributed by atoms with van der Waals surface area (Å²) < 4.78 is 9.18. The minimum atomic E-state index is -3.34. The van der Waals surface area contributed by atoms with E-state index in [0.717, 1.165) is 0 Å². The largest absolute Gasteiger partial charge is 1.00 e. The van der Waals surface area contributed by atoms with E-state index in [1.165, 1.54) is 0 Å². The average Bonchev–Trinajstić information content (AvgIpc) is 1.88. The minimum Gasteiger partial charge on any atom is -0.787 e. The summed E-state index contributed by atoms with van der Waals surface area (Å²) in [6, 6.07) is 0. The third-order valence-electron chi connectivity index (χ3n) is 0.805. The van der Waals surface area contributed by atoms with Gasteiger partial charge in [-0.25, -0.2) is 0 Å². The smallest absolute Gasteiger partial charge is 0.787 e. The fourth-order valence-electron chi connectivity index (χ4n) is 0.475. The molecule has 0 rings (SSSR count). The van der Waals surface area contributed by atoms with Gasteiger partial charge in [0.15, 0.2) is 0 Å². The number of rotatable bonds is 4. The van der Waals surface area contributed by atoms with Crippen molar-refractivity contribution in [2.24, 2.45) is 0 Å². The summed E-state index contributed by atoms with van der Waals surface area (Å²) in [5.74, 6) is 0. The Morgan fingerprint density at radius 1 is 1.25 bits per heavy atom. The molecular formula is C5H10Cl2LiO3P. The molecule has 0 aliphatic rings. The maximum absolute atomic E-state index is 11.4. The average molecular weight is 227 g/mol. The summed E-state index contributed by atoms with van der Waals surface area (Å²) in [5.41, 5.74) is 0. The normalized spacial score (nSPS) is 10.8. The molecule has 0 aromatic rings. The van der Waals surface area contributed by atoms with Crippen LogP contribution in [0.3, 0.4) is 0 Å². The van der Waals surface area contributed by atoms with E-state index in [4.69, 9.17) is 32.2 Å². The van der Waals surface area contributed by atoms with Gasteiger partial charge in [-0.1, -0.05) is 23.2 Å². The van der Waals surface area contributed by atoms with E-state index in [-0.39, 0.29) is 36.3 Å². The van der Waals surface area contributed by atoms with Crippen molar-refractivity contribution in [1.82, 2.24) is 0 Å². The van der Waals surface area contributed by atoms with Crippen LogP contribution in [-0.4, -0.2) is 17.4 Å². The van der Waals surface area contributed by atoms with Gasteiger partial charge < -0.3 is 13.9 Å². The van der Waals surface area contributed by atoms with Crippen molar-refractivity contribution >= 4 is 35.0 Å². The minimum absolute atomic E-state index is 0. The monoisotopic (exact) mass is 226 g/mol. The molecule has 0 saturated carbocycles. The van der Waals surface area contributed by atoms with Crippen LogP contribution in [0.25, 0.3) is 0 Å². The standard InChI is InChI=1S/C5H10Cl2O3P.Li/c1-3-9-11(8,5(6)7)10-4-2;/h3-4H2,1-2H3;/q-1;+1. The van der Waals surface area contributed by atoms with Crippen LogP contribution in [0.1, 0.15) is 13.8 Å². The van der Waals surface area contributed by atoms with Crippen LogP contribution in [0.15, 0.2) is 0 Å². The van der Waals surface area contributed by atoms with Gasteiger partial charge in [-0.3, -0.25) is 0 Å². The Hall–Kier alpha value is 1.36. The molecule has 7 heteroatoms. The van der Waals surface area contributed by atoms with Gasteiger partial charge >= 0.3 is 18.9 Å². The van der Waals surface area contributed by atoms with Crippen LogP contribution in [0.5, 0.6) is 0 Å². The van der Waals surface area contributed by atoms with Gasteiger partial charge in [0.05, 0.1) is 7.57 Å². The SMILES string of the molecule is CCOP([O-])(OCC)=C(Cl)Cl.[Li+]. The molecule has 68 valence electrons. The predicted octanol–water partition coefficient (Wildman–Crippen LogP) is -1.25. The third kappa shape index (κ3) is 5.17. The topological polar surface area (TPSA) is 41.5 Å². The van der Waals surface area contributed by atoms with Crippen LogP contribution in [-0.2, 0) is 9.05 Å². The molecule has 0 spiro atoms. The van der Waals surface area contributed by atoms with Crippen LogP contribution in [0.4, 0.5) is 0 Å². The Labute approximate surface area is 94.7 Å². The molecule has 0 aliphatic heterocycles. The molecule has 0 unspecified atom stereocenters. The zero-order valence-corrected chi connectivity index (χ0v) is 9.75. The van der Waals surface area contributed by atoms with Crippen molar-refractivity contribution in [3.63, 3.8) is 0 Å². The van der Waals surface area contributed by atoms with Gasteiger partial charge in [-0.2, -0.15) is 0 Å². The van der Waals surface area contributed by atoms with Crippen molar-refractivity contribution in [2.75, 3.05) is 13.2 Å². The van der Waals surface area contributed by atoms with E-state index in [1.54, 1.807) is 13.8 Å². The summed E-state index contributed by atoms with van der Waals surface area (Å²) >= 11 is 10.6. The van der Waals surface area contributed by atoms with Crippen LogP contribution < -0.4 is 23.8 Å². The Morgan fingerprint density at radius 3 is 1.75 bits per heavy atom. The molecule has 0 radical (unpaired) electrons. The maximum atomic E-state index is 11.4. The van der Waals surface area contributed by atoms with Crippen LogP contribution in [0.2, 0.25) is 0 Å². The van der Waals surface area contributed by atoms with Crippen molar-refractivity contribution < 1.29 is 32.8 Å². The van der Waals surface area contributed by atoms with Gasteiger partial charge in [0.2, 0.25) is 0 Å². The molecule has 0 bridgehead atoms. The van der Waals surface area contributed by atoms with Crippen molar-refractivity contribution in [3.8, 4) is 0 Å². The first-order valence-corrected chi connectivity index (χ1v) is 5.44. The summed E-state index contributed by atoms with van der Waals surface area (Å²) in [4.78, 5) is 11.4. The fourth-order valence-corrected chi connectivity index (χ4v) is 2.01. The van der Waals surface area contributed by atoms with E-state index >= 15 is 0 Å². The quantitative estimate of drug-likeness (QED) is 0.445. The first-order valence-electron chi connectivity index (χ1n) is 3.14. The van der Waals surface area contributed by atoms with Crippen molar-refractivity contribution in [1.29, 1.82) is 0 Å². The fraction of sp³-hybridized carbons (Fsp3) is 0.800. The molecule has 0 aromatic carbocycles. The Kier molecular flexibility index (Phi) is 10.2. The second-order valence-corrected chi connectivity index (χ2v) is 5.01. The summed E-state index contributed by atoms with van der Waals surface area (Å²) in [6.07, 6.45) is 0. The Balaban J connectivity index is 0. The second-order valence-electron chi connectivity index (χ2n) is 1.57. The van der Waals surface area contributed by atoms with Gasteiger partial charge in [0.25, 0.3) is 0 Å². The zero-order valence-electron chi connectivity index (χ0n) is 7.34. The molecule has 0 atom stereocenters. The predicted molar refractivity (Wildman–Crippen MR) is 46.9 cm³/mol. The van der Waals surface area contributed by atoms with E-state index < -0.39 is 7.57 Å². The molecule has 0 amide bonds. The van der Waals surface area contributed by atoms with Gasteiger partial charge in [0, 0.05) is 13.2 Å². The van der Waals surface area contributed by atoms with E-state index in [9.17, 15) is 4.89 Å². The third-order valence-corrected chi connectivity index (χ3v) is 3.66. The molecule has 0 N–H and O–H groups in total. The molecule has 0 aliphatic carbocycles. The molecule has 0 saturated heterocycles. The summed E-state index contributed by atoms with van der Waals surface area (Å²) in [7, 11) is -3.34. The van der Waals surface area contributed by atoms with Gasteiger partial charge in [0.1, 0.15) is 4.21 Å². The van der Waals surface area contributed by atoms with E-state index in [1.807, 2.05) is 0 Å². The molecule has 12 heavy (non-hydrogen) atoms. The summed E-state index contributed by atoms with van der Waals surface area (Å²) in [6.45, 7) is 3.87. The van der Waals surface area contributed by atoms with Crippen LogP contribution in [0, 0.1) is 0 Å². The van der Waals surface area contributed by atoms with Crippen molar-refractivity contribution in [3.05, 3.63) is 0 Å². The molecule has 0 fully saturated rings. The Bertz CT molecular complexity index is 162. The van der Waals surface area contributed by atoms with Crippen molar-refractivity contribution in [2.45, 2.75) is 13.8 Å². The maximum Gasteiger partial charge on any atom is 1.00 e. The first kappa shape index (κ1) is 15.8. The molecular weight excluding hydrogens is 217 g/mol.